The highest BCUT2D eigenvalue weighted by atomic mass is 32.1. The number of amides is 1. The largest absolute Gasteiger partial charge is 0.330 e. The van der Waals surface area contributed by atoms with Crippen LogP contribution in [0, 0.1) is 5.92 Å². The number of rotatable bonds is 5. The highest BCUT2D eigenvalue weighted by Crippen LogP contribution is 2.16. The maximum absolute atomic E-state index is 11.5. The number of nitrogens with one attached hydrogen (secondary N) is 1. The van der Waals surface area contributed by atoms with Crippen molar-refractivity contribution in [1.82, 2.24) is 4.98 Å². The van der Waals surface area contributed by atoms with Crippen LogP contribution < -0.4 is 11.1 Å². The molecule has 6 heteroatoms. The molecule has 0 aromatic carbocycles. The predicted molar refractivity (Wildman–Crippen MR) is 63.6 cm³/mol. The van der Waals surface area contributed by atoms with E-state index >= 15 is 0 Å². The molecule has 0 bridgehead atoms. The molecule has 0 spiro atoms. The number of nitrogens with zero attached hydrogens (tertiary/aromatic N) is 1. The van der Waals surface area contributed by atoms with Crippen LogP contribution in [0.2, 0.25) is 0 Å². The third kappa shape index (κ3) is 3.71. The lowest BCUT2D eigenvalue weighted by Gasteiger charge is -2.06. The van der Waals surface area contributed by atoms with Gasteiger partial charge in [0.25, 0.3) is 0 Å². The normalized spacial score (nSPS) is 12.2. The summed E-state index contributed by atoms with van der Waals surface area (Å²) < 4.78 is 0. The molecule has 3 N–H and O–H groups in total. The Hall–Kier alpha value is -1.27. The van der Waals surface area contributed by atoms with E-state index in [1.54, 1.807) is 5.38 Å². The van der Waals surface area contributed by atoms with Crippen molar-refractivity contribution in [1.29, 1.82) is 0 Å². The van der Waals surface area contributed by atoms with Gasteiger partial charge in [-0.05, 0) is 12.5 Å². The fourth-order valence-corrected chi connectivity index (χ4v) is 1.83. The van der Waals surface area contributed by atoms with E-state index in [-0.39, 0.29) is 17.6 Å². The van der Waals surface area contributed by atoms with Gasteiger partial charge in [-0.1, -0.05) is 6.92 Å². The van der Waals surface area contributed by atoms with Gasteiger partial charge in [0.15, 0.2) is 10.9 Å². The fourth-order valence-electron chi connectivity index (χ4n) is 1.06. The van der Waals surface area contributed by atoms with Crippen LogP contribution in [0.15, 0.2) is 5.38 Å². The lowest BCUT2D eigenvalue weighted by molar-refractivity contribution is -0.116. The maximum atomic E-state index is 11.5. The first-order chi connectivity index (χ1) is 7.52. The molecule has 0 saturated carbocycles. The van der Waals surface area contributed by atoms with Gasteiger partial charge >= 0.3 is 0 Å². The Morgan fingerprint density at radius 1 is 1.62 bits per heavy atom. The molecule has 0 saturated heterocycles. The van der Waals surface area contributed by atoms with Crippen molar-refractivity contribution in [2.24, 2.45) is 11.7 Å². The van der Waals surface area contributed by atoms with Gasteiger partial charge in [-0.3, -0.25) is 9.59 Å². The van der Waals surface area contributed by atoms with Gasteiger partial charge in [-0.25, -0.2) is 4.98 Å². The summed E-state index contributed by atoms with van der Waals surface area (Å²) in [6, 6.07) is 0. The minimum atomic E-state index is -0.123. The zero-order chi connectivity index (χ0) is 12.1. The Morgan fingerprint density at radius 3 is 2.81 bits per heavy atom. The number of aromatic nitrogens is 1. The first kappa shape index (κ1) is 12.8. The Balaban J connectivity index is 2.53. The predicted octanol–water partition coefficient (Wildman–Crippen LogP) is 1.27. The highest BCUT2D eigenvalue weighted by molar-refractivity contribution is 7.14. The maximum Gasteiger partial charge on any atom is 0.226 e. The zero-order valence-electron chi connectivity index (χ0n) is 9.32. The van der Waals surface area contributed by atoms with Crippen molar-refractivity contribution in [3.05, 3.63) is 11.1 Å². The molecule has 0 aliphatic heterocycles. The Labute approximate surface area is 98.1 Å². The summed E-state index contributed by atoms with van der Waals surface area (Å²) >= 11 is 1.25. The van der Waals surface area contributed by atoms with Crippen LogP contribution in [0.3, 0.4) is 0 Å². The van der Waals surface area contributed by atoms with Gasteiger partial charge in [0.2, 0.25) is 5.91 Å². The summed E-state index contributed by atoms with van der Waals surface area (Å²) in [6.07, 6.45) is 0.367. The fraction of sp³-hybridized carbons (Fsp3) is 0.500. The average molecular weight is 241 g/mol. The lowest BCUT2D eigenvalue weighted by atomic mass is 10.1. The number of anilines is 1. The standard InChI is InChI=1S/C10H15N3O2S/c1-6(4-11)3-9(15)13-10-12-8(5-16-10)7(2)14/h5-6H,3-4,11H2,1-2H3,(H,12,13,15). The van der Waals surface area contributed by atoms with E-state index in [1.807, 2.05) is 6.92 Å². The second kappa shape index (κ2) is 5.72. The van der Waals surface area contributed by atoms with Crippen molar-refractivity contribution in [2.75, 3.05) is 11.9 Å². The molecule has 1 aromatic heterocycles. The summed E-state index contributed by atoms with van der Waals surface area (Å²) in [7, 11) is 0. The van der Waals surface area contributed by atoms with Gasteiger partial charge in [-0.2, -0.15) is 0 Å². The van der Waals surface area contributed by atoms with Gasteiger partial charge in [-0.15, -0.1) is 11.3 Å². The zero-order valence-corrected chi connectivity index (χ0v) is 10.1. The summed E-state index contributed by atoms with van der Waals surface area (Å²) in [5.74, 6) is -0.0817. The van der Waals surface area contributed by atoms with Crippen molar-refractivity contribution in [3.8, 4) is 0 Å². The van der Waals surface area contributed by atoms with Crippen molar-refractivity contribution in [3.63, 3.8) is 0 Å². The Kier molecular flexibility index (Phi) is 4.57. The molecule has 16 heavy (non-hydrogen) atoms. The second-order valence-corrected chi connectivity index (χ2v) is 4.55. The smallest absolute Gasteiger partial charge is 0.226 e. The monoisotopic (exact) mass is 241 g/mol. The highest BCUT2D eigenvalue weighted by Gasteiger charge is 2.11. The van der Waals surface area contributed by atoms with Crippen LogP contribution in [0.25, 0.3) is 0 Å². The molecule has 5 nitrogen and oxygen atoms in total. The molecule has 1 atom stereocenters. The Bertz CT molecular complexity index is 389. The van der Waals surface area contributed by atoms with Crippen LogP contribution in [-0.4, -0.2) is 23.2 Å². The lowest BCUT2D eigenvalue weighted by Crippen LogP contribution is -2.20. The SMILES string of the molecule is CC(=O)c1csc(NC(=O)CC(C)CN)n1. The van der Waals surface area contributed by atoms with E-state index in [4.69, 9.17) is 5.73 Å². The van der Waals surface area contributed by atoms with Crippen molar-refractivity contribution in [2.45, 2.75) is 20.3 Å². The van der Waals surface area contributed by atoms with E-state index in [2.05, 4.69) is 10.3 Å². The van der Waals surface area contributed by atoms with E-state index in [0.29, 0.717) is 23.8 Å². The summed E-state index contributed by atoms with van der Waals surface area (Å²) in [6.45, 7) is 3.82. The topological polar surface area (TPSA) is 85.1 Å². The minimum absolute atomic E-state index is 0.105. The van der Waals surface area contributed by atoms with Gasteiger partial charge in [0.05, 0.1) is 0 Å². The first-order valence-electron chi connectivity index (χ1n) is 4.99. The van der Waals surface area contributed by atoms with Gasteiger partial charge in [0.1, 0.15) is 5.69 Å². The van der Waals surface area contributed by atoms with Gasteiger partial charge in [0, 0.05) is 18.7 Å². The molecule has 0 fully saturated rings. The molecule has 0 radical (unpaired) electrons. The number of nitrogens with two attached hydrogens (primary N) is 1. The molecular weight excluding hydrogens is 226 g/mol. The Morgan fingerprint density at radius 2 is 2.31 bits per heavy atom. The van der Waals surface area contributed by atoms with Crippen molar-refractivity contribution < 1.29 is 9.59 Å². The summed E-state index contributed by atoms with van der Waals surface area (Å²) in [5.41, 5.74) is 5.80. The number of ketones is 1. The molecule has 1 heterocycles. The second-order valence-electron chi connectivity index (χ2n) is 3.69. The number of hydrogen-bond donors (Lipinski definition) is 2. The van der Waals surface area contributed by atoms with E-state index < -0.39 is 0 Å². The third-order valence-electron chi connectivity index (χ3n) is 2.05. The van der Waals surface area contributed by atoms with Crippen molar-refractivity contribution >= 4 is 28.2 Å². The number of thiazole rings is 1. The molecule has 88 valence electrons. The van der Waals surface area contributed by atoms with Crippen LogP contribution >= 0.6 is 11.3 Å². The van der Waals surface area contributed by atoms with E-state index in [1.165, 1.54) is 18.3 Å². The quantitative estimate of drug-likeness (QED) is 0.760. The summed E-state index contributed by atoms with van der Waals surface area (Å²) in [4.78, 5) is 26.4. The number of Topliss-reactive ketones (excluding diaryl/α,β-unsaturated/α-hetero) is 1. The van der Waals surface area contributed by atoms with Crippen LogP contribution in [-0.2, 0) is 4.79 Å². The van der Waals surface area contributed by atoms with Gasteiger partial charge < -0.3 is 11.1 Å². The molecule has 0 aliphatic carbocycles. The molecule has 1 aromatic rings. The molecule has 0 aliphatic rings. The number of carbonyl (C=O) groups is 2. The van der Waals surface area contributed by atoms with Crippen LogP contribution in [0.5, 0.6) is 0 Å². The molecule has 1 rings (SSSR count). The van der Waals surface area contributed by atoms with Crippen LogP contribution in [0.1, 0.15) is 30.8 Å². The molecule has 1 unspecified atom stereocenters. The molecule has 1 amide bonds. The first-order valence-corrected chi connectivity index (χ1v) is 5.87. The summed E-state index contributed by atoms with van der Waals surface area (Å²) in [5, 5.41) is 4.73. The number of carbonyl (C=O) groups excluding carboxylic acids is 2. The van der Waals surface area contributed by atoms with Crippen LogP contribution in [0.4, 0.5) is 5.13 Å². The minimum Gasteiger partial charge on any atom is -0.330 e. The van der Waals surface area contributed by atoms with E-state index in [0.717, 1.165) is 0 Å². The molecular formula is C10H15N3O2S. The average Bonchev–Trinajstić information content (AvgIpc) is 2.65. The number of hydrogen-bond acceptors (Lipinski definition) is 5. The third-order valence-corrected chi connectivity index (χ3v) is 2.81. The van der Waals surface area contributed by atoms with E-state index in [9.17, 15) is 9.59 Å².